The van der Waals surface area contributed by atoms with E-state index in [1.807, 2.05) is 182 Å². The molecule has 0 radical (unpaired) electrons. The number of ether oxygens (including phenoxy) is 9. The Balaban J connectivity index is 1.13. The highest BCUT2D eigenvalue weighted by molar-refractivity contribution is 5.18. The van der Waals surface area contributed by atoms with Crippen LogP contribution in [0.25, 0.3) is 0 Å². The highest BCUT2D eigenvalue weighted by Crippen LogP contribution is 2.34. The van der Waals surface area contributed by atoms with Crippen molar-refractivity contribution in [1.29, 1.82) is 0 Å². The van der Waals surface area contributed by atoms with Crippen LogP contribution in [0.15, 0.2) is 182 Å². The first-order valence-electron chi connectivity index (χ1n) is 21.7. The first-order valence-corrected chi connectivity index (χ1v) is 21.7. The maximum atomic E-state index is 11.3. The van der Waals surface area contributed by atoms with Crippen LogP contribution >= 0.6 is 0 Å². The lowest BCUT2D eigenvalue weighted by atomic mass is 9.97. The fourth-order valence-electron chi connectivity index (χ4n) is 7.82. The Bertz CT molecular complexity index is 2150. The zero-order chi connectivity index (χ0) is 42.9. The predicted octanol–water partition coefficient (Wildman–Crippen LogP) is 8.59. The minimum Gasteiger partial charge on any atom is -0.374 e. The summed E-state index contributed by atoms with van der Waals surface area (Å²) < 4.78 is 60.3. The number of hydrogen-bond acceptors (Lipinski definition) is 10. The molecule has 0 aliphatic carbocycles. The van der Waals surface area contributed by atoms with E-state index in [0.717, 1.165) is 33.4 Å². The molecule has 6 aromatic rings. The molecular formula is C53H56O10. The highest BCUT2D eigenvalue weighted by atomic mass is 16.7. The van der Waals surface area contributed by atoms with Crippen LogP contribution in [-0.2, 0) is 82.3 Å². The molecule has 9 unspecified atom stereocenters. The third kappa shape index (κ3) is 13.0. The Labute approximate surface area is 370 Å². The van der Waals surface area contributed by atoms with Crippen LogP contribution in [0.2, 0.25) is 0 Å². The van der Waals surface area contributed by atoms with Crippen molar-refractivity contribution in [3.05, 3.63) is 215 Å². The molecule has 2 aliphatic heterocycles. The largest absolute Gasteiger partial charge is 0.374 e. The summed E-state index contributed by atoms with van der Waals surface area (Å²) in [6.45, 7) is 1.83. The predicted molar refractivity (Wildman–Crippen MR) is 237 cm³/mol. The molecule has 63 heavy (non-hydrogen) atoms. The second-order valence-corrected chi connectivity index (χ2v) is 15.7. The van der Waals surface area contributed by atoms with E-state index in [9.17, 15) is 5.11 Å². The summed E-state index contributed by atoms with van der Waals surface area (Å²) in [5, 5.41) is 11.3. The second kappa shape index (κ2) is 23.6. The van der Waals surface area contributed by atoms with Gasteiger partial charge in [-0.15, -0.1) is 0 Å². The van der Waals surface area contributed by atoms with E-state index < -0.39 is 55.3 Å². The zero-order valence-electron chi connectivity index (χ0n) is 35.3. The molecule has 0 amide bonds. The Morgan fingerprint density at radius 2 is 0.746 bits per heavy atom. The SMILES string of the molecule is OC1OCC(OC2OC(COCc3ccccc3)C(OCc3ccccc3)C(OCc3ccccc3)C2OCc2ccccc2)C(OCc2ccccc2)C1OCc1ccccc1. The first kappa shape index (κ1) is 44.5. The minimum absolute atomic E-state index is 0.00423. The van der Waals surface area contributed by atoms with Crippen molar-refractivity contribution in [2.45, 2.75) is 94.9 Å². The molecule has 9 atom stereocenters. The van der Waals surface area contributed by atoms with E-state index in [-0.39, 0.29) is 39.6 Å². The Hall–Kier alpha value is -5.08. The van der Waals surface area contributed by atoms with Crippen LogP contribution in [0.4, 0.5) is 0 Å². The molecule has 10 nitrogen and oxygen atoms in total. The summed E-state index contributed by atoms with van der Waals surface area (Å²) >= 11 is 0. The first-order chi connectivity index (χ1) is 31.2. The summed E-state index contributed by atoms with van der Waals surface area (Å²) in [7, 11) is 0. The molecule has 2 heterocycles. The van der Waals surface area contributed by atoms with Crippen molar-refractivity contribution in [3.8, 4) is 0 Å². The summed E-state index contributed by atoms with van der Waals surface area (Å²) in [5.74, 6) is 0. The van der Waals surface area contributed by atoms with Crippen molar-refractivity contribution in [2.75, 3.05) is 13.2 Å². The number of hydrogen-bond donors (Lipinski definition) is 1. The standard InChI is InChI=1S/C53H56O10/c54-52-50(59-35-43-27-15-5-16-28-43)48(57-33-41-23-11-3-12-24-41)46(38-61-52)63-53-51(60-36-44-29-17-6-18-30-44)49(58-34-42-25-13-4-14-26-42)47(56-32-40-21-9-2-10-22-40)45(62-53)37-55-31-39-19-7-1-8-20-39/h1-30,45-54H,31-38H2. The zero-order valence-corrected chi connectivity index (χ0v) is 35.3. The van der Waals surface area contributed by atoms with Gasteiger partial charge in [0.15, 0.2) is 12.6 Å². The smallest absolute Gasteiger partial charge is 0.187 e. The molecule has 1 N–H and O–H groups in total. The van der Waals surface area contributed by atoms with Crippen LogP contribution in [0, 0.1) is 0 Å². The molecule has 0 aromatic heterocycles. The van der Waals surface area contributed by atoms with Crippen molar-refractivity contribution < 1.29 is 47.7 Å². The van der Waals surface area contributed by atoms with Gasteiger partial charge < -0.3 is 47.7 Å². The Kier molecular flexibility index (Phi) is 16.7. The van der Waals surface area contributed by atoms with Crippen molar-refractivity contribution in [3.63, 3.8) is 0 Å². The van der Waals surface area contributed by atoms with E-state index in [2.05, 4.69) is 0 Å². The number of aliphatic hydroxyl groups is 1. The normalized spacial score (nSPS) is 24.8. The lowest BCUT2D eigenvalue weighted by Gasteiger charge is -2.48. The minimum atomic E-state index is -1.27. The van der Waals surface area contributed by atoms with E-state index in [1.165, 1.54) is 0 Å². The van der Waals surface area contributed by atoms with Gasteiger partial charge in [-0.05, 0) is 33.4 Å². The van der Waals surface area contributed by atoms with Crippen molar-refractivity contribution in [2.24, 2.45) is 0 Å². The van der Waals surface area contributed by atoms with Gasteiger partial charge in [0.25, 0.3) is 0 Å². The van der Waals surface area contributed by atoms with Crippen LogP contribution in [0.5, 0.6) is 0 Å². The molecular weight excluding hydrogens is 797 g/mol. The molecule has 8 rings (SSSR count). The van der Waals surface area contributed by atoms with Gasteiger partial charge in [0, 0.05) is 0 Å². The van der Waals surface area contributed by atoms with Gasteiger partial charge in [0.2, 0.25) is 0 Å². The number of benzene rings is 6. The van der Waals surface area contributed by atoms with Gasteiger partial charge in [-0.1, -0.05) is 182 Å². The summed E-state index contributed by atoms with van der Waals surface area (Å²) in [4.78, 5) is 0. The van der Waals surface area contributed by atoms with Gasteiger partial charge in [-0.25, -0.2) is 0 Å². The second-order valence-electron chi connectivity index (χ2n) is 15.7. The quantitative estimate of drug-likeness (QED) is 0.0758. The Morgan fingerprint density at radius 1 is 0.397 bits per heavy atom. The molecule has 328 valence electrons. The van der Waals surface area contributed by atoms with E-state index in [1.54, 1.807) is 0 Å². The van der Waals surface area contributed by atoms with Crippen molar-refractivity contribution >= 4 is 0 Å². The van der Waals surface area contributed by atoms with Gasteiger partial charge in [-0.3, -0.25) is 0 Å². The van der Waals surface area contributed by atoms with E-state index in [4.69, 9.17) is 42.6 Å². The van der Waals surface area contributed by atoms with Gasteiger partial charge in [0.05, 0.1) is 52.9 Å². The fraction of sp³-hybridized carbons (Fsp3) is 0.321. The fourth-order valence-corrected chi connectivity index (χ4v) is 7.82. The maximum Gasteiger partial charge on any atom is 0.187 e. The molecule has 0 spiro atoms. The highest BCUT2D eigenvalue weighted by Gasteiger charge is 2.52. The van der Waals surface area contributed by atoms with Crippen LogP contribution < -0.4 is 0 Å². The maximum absolute atomic E-state index is 11.3. The van der Waals surface area contributed by atoms with E-state index in [0.29, 0.717) is 13.2 Å². The van der Waals surface area contributed by atoms with Crippen LogP contribution in [0.1, 0.15) is 33.4 Å². The van der Waals surface area contributed by atoms with Crippen LogP contribution in [-0.4, -0.2) is 73.6 Å². The molecule has 10 heteroatoms. The topological polar surface area (TPSA) is 103 Å². The third-order valence-corrected chi connectivity index (χ3v) is 11.1. The lowest BCUT2D eigenvalue weighted by molar-refractivity contribution is -0.361. The summed E-state index contributed by atoms with van der Waals surface area (Å²) in [5.41, 5.74) is 5.89. The van der Waals surface area contributed by atoms with E-state index >= 15 is 0 Å². The average molecular weight is 853 g/mol. The Morgan fingerprint density at radius 3 is 1.17 bits per heavy atom. The van der Waals surface area contributed by atoms with Crippen molar-refractivity contribution in [1.82, 2.24) is 0 Å². The third-order valence-electron chi connectivity index (χ3n) is 11.1. The molecule has 2 saturated heterocycles. The summed E-state index contributed by atoms with van der Waals surface area (Å²) in [6.07, 6.45) is -7.59. The molecule has 2 fully saturated rings. The van der Waals surface area contributed by atoms with Gasteiger partial charge in [-0.2, -0.15) is 0 Å². The molecule has 6 aromatic carbocycles. The molecule has 0 bridgehead atoms. The monoisotopic (exact) mass is 852 g/mol. The van der Waals surface area contributed by atoms with Gasteiger partial charge >= 0.3 is 0 Å². The number of rotatable bonds is 21. The molecule has 0 saturated carbocycles. The average Bonchev–Trinajstić information content (AvgIpc) is 3.34. The number of aliphatic hydroxyl groups excluding tert-OH is 1. The molecule has 2 aliphatic rings. The van der Waals surface area contributed by atoms with Crippen LogP contribution in [0.3, 0.4) is 0 Å². The lowest BCUT2D eigenvalue weighted by Crippen LogP contribution is -2.64. The van der Waals surface area contributed by atoms with Gasteiger partial charge in [0.1, 0.15) is 42.7 Å². The summed E-state index contributed by atoms with van der Waals surface area (Å²) in [6, 6.07) is 59.7.